The van der Waals surface area contributed by atoms with Crippen molar-refractivity contribution in [3.05, 3.63) is 82.9 Å². The smallest absolute Gasteiger partial charge is 0 e. The van der Waals surface area contributed by atoms with E-state index >= 15 is 0 Å². The molecule has 0 saturated carbocycles. The van der Waals surface area contributed by atoms with E-state index in [1.807, 2.05) is 0 Å². The van der Waals surface area contributed by atoms with Gasteiger partial charge in [-0.05, 0) is 0 Å². The fourth-order valence-corrected chi connectivity index (χ4v) is 3.30. The topological polar surface area (TPSA) is 0 Å². The molecule has 4 aromatic rings. The Morgan fingerprint density at radius 3 is 1.30 bits per heavy atom. The Hall–Kier alpha value is -1.83. The zero-order valence-electron chi connectivity index (χ0n) is 14.1. The molecule has 1 radical (unpaired) electrons. The molecule has 0 spiro atoms. The van der Waals surface area contributed by atoms with Crippen molar-refractivity contribution in [2.75, 3.05) is 0 Å². The first kappa shape index (κ1) is 17.5. The molecule has 0 unspecified atom stereocenters. The minimum Gasteiger partial charge on any atom is -0.156 e. The summed E-state index contributed by atoms with van der Waals surface area (Å²) in [7, 11) is 0. The molecular formula is C22H22Co-2. The van der Waals surface area contributed by atoms with E-state index in [9.17, 15) is 0 Å². The summed E-state index contributed by atoms with van der Waals surface area (Å²) in [6.45, 7) is 8.65. The molecule has 0 atom stereocenters. The summed E-state index contributed by atoms with van der Waals surface area (Å²) in [5.41, 5.74) is 5.55. The second-order valence-corrected chi connectivity index (χ2v) is 6.11. The van der Waals surface area contributed by atoms with Gasteiger partial charge in [0.25, 0.3) is 0 Å². The molecule has 0 nitrogen and oxygen atoms in total. The normalized spacial score (nSPS) is 10.3. The van der Waals surface area contributed by atoms with Gasteiger partial charge in [0, 0.05) is 16.8 Å². The molecule has 0 saturated heterocycles. The largest absolute Gasteiger partial charge is 0.156 e. The first-order chi connectivity index (χ1) is 10.6. The van der Waals surface area contributed by atoms with Crippen LogP contribution in [0.3, 0.4) is 0 Å². The summed E-state index contributed by atoms with van der Waals surface area (Å²) in [6, 6.07) is 21.6. The van der Waals surface area contributed by atoms with Crippen LogP contribution >= 0.6 is 0 Å². The van der Waals surface area contributed by atoms with Crippen molar-refractivity contribution in [2.45, 2.75) is 27.7 Å². The van der Waals surface area contributed by atoms with Crippen molar-refractivity contribution in [3.8, 4) is 0 Å². The number of aryl methyl sites for hydroxylation is 4. The molecule has 0 N–H and O–H groups in total. The van der Waals surface area contributed by atoms with Gasteiger partial charge < -0.3 is 0 Å². The van der Waals surface area contributed by atoms with E-state index in [-0.39, 0.29) is 16.8 Å². The molecule has 4 rings (SSSR count). The van der Waals surface area contributed by atoms with E-state index in [1.165, 1.54) is 43.8 Å². The molecule has 0 aliphatic carbocycles. The zero-order valence-corrected chi connectivity index (χ0v) is 15.1. The molecule has 0 amide bonds. The van der Waals surface area contributed by atoms with Crippen LogP contribution in [0.1, 0.15) is 22.3 Å². The van der Waals surface area contributed by atoms with Gasteiger partial charge in [0.1, 0.15) is 0 Å². The second-order valence-electron chi connectivity index (χ2n) is 6.11. The predicted molar refractivity (Wildman–Crippen MR) is 98.0 cm³/mol. The number of hydrogen-bond acceptors (Lipinski definition) is 0. The molecule has 1 heteroatoms. The van der Waals surface area contributed by atoms with Gasteiger partial charge in [-0.15, -0.1) is 81.2 Å². The Morgan fingerprint density at radius 2 is 0.957 bits per heavy atom. The van der Waals surface area contributed by atoms with Gasteiger partial charge in [-0.2, -0.15) is 11.1 Å². The Morgan fingerprint density at radius 1 is 0.609 bits per heavy atom. The summed E-state index contributed by atoms with van der Waals surface area (Å²) in [4.78, 5) is 0. The molecule has 0 aromatic heterocycles. The summed E-state index contributed by atoms with van der Waals surface area (Å²) in [6.07, 6.45) is 0. The standard InChI is InChI=1S/2C11H11.Co/c2*1-8-7-9(2)11-6-4-3-5-10(8)11;/h2*3-7H,1-2H3;/q2*-1;. The van der Waals surface area contributed by atoms with Crippen LogP contribution in [0.25, 0.3) is 21.5 Å². The van der Waals surface area contributed by atoms with Crippen LogP contribution in [0.15, 0.2) is 60.7 Å². The monoisotopic (exact) mass is 345 g/mol. The fourth-order valence-electron chi connectivity index (χ4n) is 3.30. The maximum Gasteiger partial charge on any atom is 0 e. The molecule has 0 bridgehead atoms. The summed E-state index contributed by atoms with van der Waals surface area (Å²) >= 11 is 0. The van der Waals surface area contributed by atoms with Crippen LogP contribution in [0.4, 0.5) is 0 Å². The second kappa shape index (κ2) is 7.16. The molecule has 121 valence electrons. The van der Waals surface area contributed by atoms with Crippen molar-refractivity contribution in [1.29, 1.82) is 0 Å². The van der Waals surface area contributed by atoms with Crippen molar-refractivity contribution in [1.82, 2.24) is 0 Å². The zero-order chi connectivity index (χ0) is 15.7. The third-order valence-corrected chi connectivity index (χ3v) is 4.42. The predicted octanol–water partition coefficient (Wildman–Crippen LogP) is 6.35. The molecule has 4 aromatic carbocycles. The summed E-state index contributed by atoms with van der Waals surface area (Å²) in [5.74, 6) is 0. The van der Waals surface area contributed by atoms with E-state index < -0.39 is 0 Å². The van der Waals surface area contributed by atoms with Gasteiger partial charge in [0.15, 0.2) is 0 Å². The van der Waals surface area contributed by atoms with E-state index in [2.05, 4.69) is 88.4 Å². The van der Waals surface area contributed by atoms with E-state index in [0.29, 0.717) is 0 Å². The van der Waals surface area contributed by atoms with Crippen molar-refractivity contribution >= 4 is 21.5 Å². The molecule has 0 fully saturated rings. The van der Waals surface area contributed by atoms with Crippen LogP contribution in [-0.4, -0.2) is 0 Å². The van der Waals surface area contributed by atoms with Gasteiger partial charge in [-0.25, -0.2) is 0 Å². The van der Waals surface area contributed by atoms with E-state index in [0.717, 1.165) is 0 Å². The number of rotatable bonds is 0. The van der Waals surface area contributed by atoms with Crippen molar-refractivity contribution < 1.29 is 16.8 Å². The van der Waals surface area contributed by atoms with Gasteiger partial charge in [0.05, 0.1) is 0 Å². The summed E-state index contributed by atoms with van der Waals surface area (Å²) in [5, 5.41) is 5.57. The van der Waals surface area contributed by atoms with Crippen molar-refractivity contribution in [3.63, 3.8) is 0 Å². The molecule has 23 heavy (non-hydrogen) atoms. The van der Waals surface area contributed by atoms with E-state index in [4.69, 9.17) is 0 Å². The molecule has 0 aliphatic rings. The minimum absolute atomic E-state index is 0. The van der Waals surface area contributed by atoms with Crippen LogP contribution in [0.5, 0.6) is 0 Å². The van der Waals surface area contributed by atoms with Crippen molar-refractivity contribution in [2.24, 2.45) is 0 Å². The first-order valence-electron chi connectivity index (χ1n) is 7.81. The van der Waals surface area contributed by atoms with Gasteiger partial charge >= 0.3 is 0 Å². The van der Waals surface area contributed by atoms with Gasteiger partial charge in [-0.1, -0.05) is 39.8 Å². The average molecular weight is 345 g/mol. The minimum atomic E-state index is 0. The van der Waals surface area contributed by atoms with Gasteiger partial charge in [-0.3, -0.25) is 0 Å². The van der Waals surface area contributed by atoms with E-state index in [1.54, 1.807) is 0 Å². The number of hydrogen-bond donors (Lipinski definition) is 0. The van der Waals surface area contributed by atoms with Crippen LogP contribution in [-0.2, 0) is 16.8 Å². The maximum absolute atomic E-state index is 2.24. The fraction of sp³-hybridized carbons (Fsp3) is 0.182. The Kier molecular flexibility index (Phi) is 5.45. The van der Waals surface area contributed by atoms with Gasteiger partial charge in [0.2, 0.25) is 0 Å². The number of fused-ring (bicyclic) bond motifs is 2. The SMILES string of the molecule is Cc1c[c-](C)c2ccccc12.Cc1c[c-](C)c2ccccc12.[Co]. The third-order valence-electron chi connectivity index (χ3n) is 4.42. The Labute approximate surface area is 149 Å². The third kappa shape index (κ3) is 3.41. The Balaban J connectivity index is 0.000000160. The molecular weight excluding hydrogens is 323 g/mol. The maximum atomic E-state index is 2.24. The molecule has 0 aliphatic heterocycles. The Bertz CT molecular complexity index is 772. The van der Waals surface area contributed by atoms with Crippen LogP contribution in [0, 0.1) is 27.7 Å². The quantitative estimate of drug-likeness (QED) is 0.326. The average Bonchev–Trinajstić information content (AvgIpc) is 2.99. The number of benzene rings is 2. The first-order valence-corrected chi connectivity index (χ1v) is 7.81. The molecule has 0 heterocycles. The van der Waals surface area contributed by atoms with Crippen LogP contribution in [0.2, 0.25) is 0 Å². The summed E-state index contributed by atoms with van der Waals surface area (Å²) < 4.78 is 0. The van der Waals surface area contributed by atoms with Crippen LogP contribution < -0.4 is 0 Å².